The quantitative estimate of drug-likeness (QED) is 0.777. The second kappa shape index (κ2) is 5.71. The average Bonchev–Trinajstić information content (AvgIpc) is 2.13. The Bertz CT molecular complexity index is 360. The van der Waals surface area contributed by atoms with Crippen LogP contribution in [0.5, 0.6) is 0 Å². The highest BCUT2D eigenvalue weighted by atomic mass is 79.9. The van der Waals surface area contributed by atoms with Crippen LogP contribution in [0.15, 0.2) is 26.0 Å². The number of nitrogens with zero attached hydrogens (tertiary/aromatic N) is 1. The third kappa shape index (κ3) is 3.24. The van der Waals surface area contributed by atoms with Crippen LogP contribution in [0.25, 0.3) is 0 Å². The monoisotopic (exact) mass is 321 g/mol. The molecule has 0 amide bonds. The number of hydrogen-bond acceptors (Lipinski definition) is 1. The van der Waals surface area contributed by atoms with Gasteiger partial charge in [-0.15, -0.1) is 0 Å². The third-order valence-corrected chi connectivity index (χ3v) is 3.01. The van der Waals surface area contributed by atoms with Gasteiger partial charge < -0.3 is 4.57 Å². The molecule has 0 N–H and O–H groups in total. The Hall–Kier alpha value is -0.0900. The zero-order chi connectivity index (χ0) is 10.6. The average molecular weight is 323 g/mol. The van der Waals surface area contributed by atoms with Gasteiger partial charge >= 0.3 is 0 Å². The molecule has 1 rings (SSSR count). The lowest BCUT2D eigenvalue weighted by molar-refractivity contribution is 0.585. The SMILES string of the molecule is CCCCCn1cc(Br)cc(Br)c1=O. The van der Waals surface area contributed by atoms with Gasteiger partial charge in [-0.1, -0.05) is 19.8 Å². The Balaban J connectivity index is 2.81. The van der Waals surface area contributed by atoms with Gasteiger partial charge in [0.2, 0.25) is 0 Å². The van der Waals surface area contributed by atoms with Crippen LogP contribution >= 0.6 is 31.9 Å². The number of rotatable bonds is 4. The van der Waals surface area contributed by atoms with Crippen molar-refractivity contribution >= 4 is 31.9 Å². The van der Waals surface area contributed by atoms with E-state index in [0.717, 1.165) is 23.9 Å². The van der Waals surface area contributed by atoms with E-state index in [1.54, 1.807) is 10.6 Å². The second-order valence-electron chi connectivity index (χ2n) is 3.21. The molecular weight excluding hydrogens is 310 g/mol. The van der Waals surface area contributed by atoms with Gasteiger partial charge in [0.15, 0.2) is 0 Å². The second-order valence-corrected chi connectivity index (χ2v) is 4.98. The first kappa shape index (κ1) is 12.0. The number of aromatic nitrogens is 1. The van der Waals surface area contributed by atoms with Crippen LogP contribution in [0.2, 0.25) is 0 Å². The largest absolute Gasteiger partial charge is 0.313 e. The van der Waals surface area contributed by atoms with Gasteiger partial charge in [-0.25, -0.2) is 0 Å². The molecule has 0 saturated carbocycles. The van der Waals surface area contributed by atoms with E-state index < -0.39 is 0 Å². The first-order valence-electron chi connectivity index (χ1n) is 4.70. The summed E-state index contributed by atoms with van der Waals surface area (Å²) in [6, 6.07) is 1.78. The Labute approximate surface area is 101 Å². The summed E-state index contributed by atoms with van der Waals surface area (Å²) in [6.07, 6.45) is 5.22. The molecule has 0 saturated heterocycles. The molecule has 0 atom stereocenters. The molecule has 0 spiro atoms. The standard InChI is InChI=1S/C10H13Br2NO/c1-2-3-4-5-13-7-8(11)6-9(12)10(13)14/h6-7H,2-5H2,1H3. The number of halogens is 2. The van der Waals surface area contributed by atoms with E-state index >= 15 is 0 Å². The van der Waals surface area contributed by atoms with Gasteiger partial charge in [0.25, 0.3) is 5.56 Å². The van der Waals surface area contributed by atoms with Gasteiger partial charge in [-0.05, 0) is 44.3 Å². The summed E-state index contributed by atoms with van der Waals surface area (Å²) in [7, 11) is 0. The smallest absolute Gasteiger partial charge is 0.264 e. The Morgan fingerprint density at radius 1 is 1.36 bits per heavy atom. The summed E-state index contributed by atoms with van der Waals surface area (Å²) in [5, 5.41) is 0. The maximum atomic E-state index is 11.6. The van der Waals surface area contributed by atoms with Crippen molar-refractivity contribution in [3.63, 3.8) is 0 Å². The normalized spacial score (nSPS) is 10.5. The summed E-state index contributed by atoms with van der Waals surface area (Å²) in [5.74, 6) is 0. The zero-order valence-electron chi connectivity index (χ0n) is 8.09. The number of hydrogen-bond donors (Lipinski definition) is 0. The van der Waals surface area contributed by atoms with Crippen LogP contribution in [0.3, 0.4) is 0 Å². The molecule has 4 heteroatoms. The van der Waals surface area contributed by atoms with E-state index in [1.807, 2.05) is 6.20 Å². The molecule has 0 aliphatic rings. The molecular formula is C10H13Br2NO. The minimum atomic E-state index is 0.0457. The van der Waals surface area contributed by atoms with Crippen molar-refractivity contribution in [2.75, 3.05) is 0 Å². The zero-order valence-corrected chi connectivity index (χ0v) is 11.3. The molecule has 0 radical (unpaired) electrons. The van der Waals surface area contributed by atoms with Gasteiger partial charge in [-0.2, -0.15) is 0 Å². The number of pyridine rings is 1. The third-order valence-electron chi connectivity index (χ3n) is 2.01. The van der Waals surface area contributed by atoms with E-state index in [-0.39, 0.29) is 5.56 Å². The number of unbranched alkanes of at least 4 members (excludes halogenated alkanes) is 2. The first-order valence-corrected chi connectivity index (χ1v) is 6.29. The Kier molecular flexibility index (Phi) is 4.89. The van der Waals surface area contributed by atoms with Crippen molar-refractivity contribution in [3.8, 4) is 0 Å². The molecule has 1 aromatic rings. The van der Waals surface area contributed by atoms with E-state index in [1.165, 1.54) is 6.42 Å². The Morgan fingerprint density at radius 3 is 2.71 bits per heavy atom. The minimum absolute atomic E-state index is 0.0457. The van der Waals surface area contributed by atoms with Crippen LogP contribution in [-0.4, -0.2) is 4.57 Å². The van der Waals surface area contributed by atoms with Crippen LogP contribution in [0.1, 0.15) is 26.2 Å². The van der Waals surface area contributed by atoms with Gasteiger partial charge in [0.1, 0.15) is 0 Å². The highest BCUT2D eigenvalue weighted by Gasteiger charge is 2.02. The van der Waals surface area contributed by atoms with E-state index in [4.69, 9.17) is 0 Å². The predicted molar refractivity (Wildman–Crippen MR) is 65.6 cm³/mol. The molecule has 0 bridgehead atoms. The lowest BCUT2D eigenvalue weighted by atomic mass is 10.2. The molecule has 0 aliphatic carbocycles. The molecule has 78 valence electrons. The van der Waals surface area contributed by atoms with Crippen LogP contribution in [0.4, 0.5) is 0 Å². The van der Waals surface area contributed by atoms with Crippen LogP contribution < -0.4 is 5.56 Å². The van der Waals surface area contributed by atoms with Gasteiger partial charge in [0, 0.05) is 17.2 Å². The van der Waals surface area contributed by atoms with Crippen molar-refractivity contribution < 1.29 is 0 Å². The van der Waals surface area contributed by atoms with E-state index in [0.29, 0.717) is 4.47 Å². The molecule has 0 unspecified atom stereocenters. The predicted octanol–water partition coefficient (Wildman–Crippen LogP) is 3.56. The van der Waals surface area contributed by atoms with Gasteiger partial charge in [0.05, 0.1) is 4.47 Å². The molecule has 2 nitrogen and oxygen atoms in total. The summed E-state index contributed by atoms with van der Waals surface area (Å²) >= 11 is 6.61. The fourth-order valence-corrected chi connectivity index (χ4v) is 2.52. The highest BCUT2D eigenvalue weighted by Crippen LogP contribution is 2.13. The summed E-state index contributed by atoms with van der Waals surface area (Å²) in [5.41, 5.74) is 0.0457. The molecule has 0 aliphatic heterocycles. The molecule has 0 fully saturated rings. The lowest BCUT2D eigenvalue weighted by Gasteiger charge is -2.06. The summed E-state index contributed by atoms with van der Waals surface area (Å²) < 4.78 is 3.29. The minimum Gasteiger partial charge on any atom is -0.313 e. The van der Waals surface area contributed by atoms with Crippen molar-refractivity contribution in [2.24, 2.45) is 0 Å². The van der Waals surface area contributed by atoms with Crippen molar-refractivity contribution in [1.82, 2.24) is 4.57 Å². The Morgan fingerprint density at radius 2 is 2.07 bits per heavy atom. The maximum Gasteiger partial charge on any atom is 0.264 e. The molecule has 14 heavy (non-hydrogen) atoms. The van der Waals surface area contributed by atoms with Crippen molar-refractivity contribution in [2.45, 2.75) is 32.7 Å². The molecule has 1 aromatic heterocycles. The topological polar surface area (TPSA) is 22.0 Å². The van der Waals surface area contributed by atoms with Crippen molar-refractivity contribution in [3.05, 3.63) is 31.6 Å². The van der Waals surface area contributed by atoms with E-state index in [9.17, 15) is 4.79 Å². The lowest BCUT2D eigenvalue weighted by Crippen LogP contribution is -2.20. The molecule has 1 heterocycles. The first-order chi connectivity index (χ1) is 6.65. The van der Waals surface area contributed by atoms with Gasteiger partial charge in [-0.3, -0.25) is 4.79 Å². The fourth-order valence-electron chi connectivity index (χ4n) is 1.26. The van der Waals surface area contributed by atoms with Crippen molar-refractivity contribution in [1.29, 1.82) is 0 Å². The van der Waals surface area contributed by atoms with E-state index in [2.05, 4.69) is 38.8 Å². The summed E-state index contributed by atoms with van der Waals surface area (Å²) in [4.78, 5) is 11.6. The summed E-state index contributed by atoms with van der Waals surface area (Å²) in [6.45, 7) is 2.95. The fraction of sp³-hybridized carbons (Fsp3) is 0.500. The number of aryl methyl sites for hydroxylation is 1. The maximum absolute atomic E-state index is 11.6. The molecule has 0 aromatic carbocycles. The van der Waals surface area contributed by atoms with Crippen LogP contribution in [-0.2, 0) is 6.54 Å². The van der Waals surface area contributed by atoms with Crippen LogP contribution in [0, 0.1) is 0 Å². The highest BCUT2D eigenvalue weighted by molar-refractivity contribution is 9.11.